The van der Waals surface area contributed by atoms with E-state index in [1.807, 2.05) is 30.3 Å². The molecule has 6 rings (SSSR count). The molecular weight excluding hydrogens is 508 g/mol. The Labute approximate surface area is 224 Å². The molecular formula is C27H32N4O8. The highest BCUT2D eigenvalue weighted by molar-refractivity contribution is 5.88. The Morgan fingerprint density at radius 3 is 2.56 bits per heavy atom. The summed E-state index contributed by atoms with van der Waals surface area (Å²) in [5, 5.41) is 14.8. The van der Waals surface area contributed by atoms with Gasteiger partial charge in [0.05, 0.1) is 19.1 Å². The number of benzene rings is 1. The molecule has 4 fully saturated rings. The fourth-order valence-corrected chi connectivity index (χ4v) is 5.60. The van der Waals surface area contributed by atoms with Crippen LogP contribution < -0.4 is 16.3 Å². The maximum atomic E-state index is 13.0. The molecule has 3 unspecified atom stereocenters. The second-order valence-electron chi connectivity index (χ2n) is 10.6. The number of carboxylic acids is 1. The van der Waals surface area contributed by atoms with E-state index in [9.17, 15) is 19.5 Å². The zero-order valence-electron chi connectivity index (χ0n) is 21.3. The molecule has 2 aliphatic heterocycles. The first-order valence-corrected chi connectivity index (χ1v) is 13.4. The smallest absolute Gasteiger partial charge is 0.351 e. The summed E-state index contributed by atoms with van der Waals surface area (Å²) < 4.78 is 26.0. The van der Waals surface area contributed by atoms with Crippen LogP contribution in [0, 0.1) is 11.8 Å². The van der Waals surface area contributed by atoms with Crippen LogP contribution in [-0.2, 0) is 23.7 Å². The summed E-state index contributed by atoms with van der Waals surface area (Å²) in [7, 11) is 0. The van der Waals surface area contributed by atoms with Crippen molar-refractivity contribution in [3.63, 3.8) is 0 Å². The lowest BCUT2D eigenvalue weighted by molar-refractivity contribution is -0.160. The van der Waals surface area contributed by atoms with Gasteiger partial charge in [-0.15, -0.1) is 0 Å². The number of amides is 2. The number of hydrogen-bond donors (Lipinski definition) is 3. The third kappa shape index (κ3) is 5.69. The van der Waals surface area contributed by atoms with E-state index in [1.54, 1.807) is 0 Å². The molecule has 39 heavy (non-hydrogen) atoms. The molecule has 0 bridgehead atoms. The van der Waals surface area contributed by atoms with E-state index in [0.29, 0.717) is 13.0 Å². The number of ether oxygens (including phenoxy) is 4. The van der Waals surface area contributed by atoms with Gasteiger partial charge in [-0.3, -0.25) is 14.7 Å². The third-order valence-corrected chi connectivity index (χ3v) is 7.77. The minimum absolute atomic E-state index is 0.0442. The summed E-state index contributed by atoms with van der Waals surface area (Å²) in [6.45, 7) is 0.473. The van der Waals surface area contributed by atoms with E-state index in [-0.39, 0.29) is 24.4 Å². The summed E-state index contributed by atoms with van der Waals surface area (Å²) in [5.41, 5.74) is 0.235. The minimum atomic E-state index is -0.829. The number of urea groups is 1. The van der Waals surface area contributed by atoms with Gasteiger partial charge in [0.2, 0.25) is 0 Å². The molecule has 0 spiro atoms. The van der Waals surface area contributed by atoms with Gasteiger partial charge in [-0.25, -0.2) is 9.59 Å². The molecule has 2 saturated carbocycles. The van der Waals surface area contributed by atoms with Gasteiger partial charge in [-0.05, 0) is 37.7 Å². The molecule has 3 heterocycles. The Bertz CT molecular complexity index is 1250. The molecule has 2 aromatic rings. The first-order chi connectivity index (χ1) is 19.0. The van der Waals surface area contributed by atoms with Crippen molar-refractivity contribution in [3.8, 4) is 0 Å². The summed E-state index contributed by atoms with van der Waals surface area (Å²) in [6.07, 6.45) is 2.60. The zero-order valence-corrected chi connectivity index (χ0v) is 21.3. The fraction of sp³-hybridized carbons (Fsp3) is 0.556. The average molecular weight is 541 g/mol. The Morgan fingerprint density at radius 1 is 1.03 bits per heavy atom. The highest BCUT2D eigenvalue weighted by atomic mass is 16.8. The van der Waals surface area contributed by atoms with Gasteiger partial charge in [0.1, 0.15) is 24.1 Å². The molecule has 12 heteroatoms. The van der Waals surface area contributed by atoms with Gasteiger partial charge >= 0.3 is 17.7 Å². The van der Waals surface area contributed by atoms with Crippen LogP contribution in [0.15, 0.2) is 47.4 Å². The number of hydrogen-bond acceptors (Lipinski definition) is 8. The number of aromatic nitrogens is 2. The molecule has 1 aromatic heterocycles. The van der Waals surface area contributed by atoms with Gasteiger partial charge in [0, 0.05) is 17.8 Å². The van der Waals surface area contributed by atoms with E-state index in [1.165, 1.54) is 16.8 Å². The van der Waals surface area contributed by atoms with Gasteiger partial charge in [-0.1, -0.05) is 36.8 Å². The predicted octanol–water partition coefficient (Wildman–Crippen LogP) is 2.42. The molecule has 3 N–H and O–H groups in total. The van der Waals surface area contributed by atoms with Crippen molar-refractivity contribution in [3.05, 3.63) is 58.6 Å². The second kappa shape index (κ2) is 11.0. The quantitative estimate of drug-likeness (QED) is 0.436. The topological polar surface area (TPSA) is 150 Å². The van der Waals surface area contributed by atoms with E-state index in [0.717, 1.165) is 31.2 Å². The number of nitrogens with one attached hydrogen (secondary N) is 2. The number of nitrogens with zero attached hydrogens (tertiary/aromatic N) is 2. The van der Waals surface area contributed by atoms with E-state index >= 15 is 0 Å². The first-order valence-electron chi connectivity index (χ1n) is 13.4. The number of carboxylic acid groups (broad SMARTS) is 1. The zero-order chi connectivity index (χ0) is 26.9. The number of carbonyl (C=O) groups excluding carboxylic acids is 1. The Morgan fingerprint density at radius 2 is 1.82 bits per heavy atom. The number of rotatable bonds is 9. The molecule has 2 saturated heterocycles. The molecule has 2 amide bonds. The number of aliphatic carboxylic acids is 1. The molecule has 2 aliphatic carbocycles. The lowest BCUT2D eigenvalue weighted by Crippen LogP contribution is -2.36. The largest absolute Gasteiger partial charge is 0.481 e. The standard InChI is InChI=1S/C27H32N4O8/c32-24(33)18-8-4-7-16(18)13-36-14-19-21-22(39-25(38-21)15-5-2-1-3-6-15)23(37-19)31-12-11-20(30-27(31)35)29-26(34)28-17-9-10-17/h1-3,5-6,11-12,16-19,21-23,25H,4,7-10,13-14H2,(H,32,33)(H2,28,29,30,34,35)/t16?,18?,19-,21?,22+,23-,25+/m1/s1. The van der Waals surface area contributed by atoms with Crippen LogP contribution in [0.4, 0.5) is 10.6 Å². The van der Waals surface area contributed by atoms with E-state index in [4.69, 9.17) is 18.9 Å². The van der Waals surface area contributed by atoms with Crippen molar-refractivity contribution >= 4 is 17.8 Å². The van der Waals surface area contributed by atoms with Crippen molar-refractivity contribution in [1.29, 1.82) is 0 Å². The SMILES string of the molecule is O=C(Nc1ccn([C@@H]2O[C@H](COCC3CCCC3C(=O)O)C3O[C@H](c4ccccc4)O[C@@H]32)c(=O)n1)NC1CC1. The summed E-state index contributed by atoms with van der Waals surface area (Å²) in [6, 6.07) is 10.8. The third-order valence-electron chi connectivity index (χ3n) is 7.77. The molecule has 7 atom stereocenters. The highest BCUT2D eigenvalue weighted by Crippen LogP contribution is 2.44. The van der Waals surface area contributed by atoms with Crippen molar-refractivity contribution in [2.45, 2.75) is 69.0 Å². The average Bonchev–Trinajstić information content (AvgIpc) is 3.30. The van der Waals surface area contributed by atoms with Crippen LogP contribution in [0.3, 0.4) is 0 Å². The van der Waals surface area contributed by atoms with Crippen molar-refractivity contribution in [2.24, 2.45) is 11.8 Å². The molecule has 1 aromatic carbocycles. The fourth-order valence-electron chi connectivity index (χ4n) is 5.60. The summed E-state index contributed by atoms with van der Waals surface area (Å²) in [4.78, 5) is 40.6. The maximum absolute atomic E-state index is 13.0. The van der Waals surface area contributed by atoms with Gasteiger partial charge in [0.25, 0.3) is 0 Å². The molecule has 208 valence electrons. The second-order valence-corrected chi connectivity index (χ2v) is 10.6. The number of anilines is 1. The molecule has 0 radical (unpaired) electrons. The molecule has 4 aliphatic rings. The Kier molecular flexibility index (Phi) is 7.34. The molecule has 12 nitrogen and oxygen atoms in total. The van der Waals surface area contributed by atoms with Gasteiger partial charge in [-0.2, -0.15) is 4.98 Å². The number of carbonyl (C=O) groups is 2. The van der Waals surface area contributed by atoms with Crippen LogP contribution >= 0.6 is 0 Å². The van der Waals surface area contributed by atoms with Crippen LogP contribution in [0.5, 0.6) is 0 Å². The Balaban J connectivity index is 1.16. The highest BCUT2D eigenvalue weighted by Gasteiger charge is 2.54. The van der Waals surface area contributed by atoms with E-state index < -0.39 is 54.4 Å². The summed E-state index contributed by atoms with van der Waals surface area (Å²) in [5.74, 6) is -1.09. The first kappa shape index (κ1) is 25.9. The maximum Gasteiger partial charge on any atom is 0.351 e. The normalized spacial score (nSPS) is 31.6. The Hall–Kier alpha value is -3.32. The van der Waals surface area contributed by atoms with Crippen LogP contribution in [-0.4, -0.2) is 64.2 Å². The van der Waals surface area contributed by atoms with Crippen molar-refractivity contribution in [1.82, 2.24) is 14.9 Å². The minimum Gasteiger partial charge on any atom is -0.481 e. The lowest BCUT2D eigenvalue weighted by atomic mass is 9.97. The van der Waals surface area contributed by atoms with Crippen molar-refractivity contribution < 1.29 is 33.6 Å². The van der Waals surface area contributed by atoms with Crippen LogP contribution in [0.25, 0.3) is 0 Å². The predicted molar refractivity (Wildman–Crippen MR) is 136 cm³/mol. The van der Waals surface area contributed by atoms with E-state index in [2.05, 4.69) is 15.6 Å². The number of fused-ring (bicyclic) bond motifs is 1. The monoisotopic (exact) mass is 540 g/mol. The van der Waals surface area contributed by atoms with Crippen LogP contribution in [0.1, 0.15) is 50.2 Å². The van der Waals surface area contributed by atoms with Crippen LogP contribution in [0.2, 0.25) is 0 Å². The van der Waals surface area contributed by atoms with Gasteiger partial charge < -0.3 is 29.4 Å². The lowest BCUT2D eigenvalue weighted by Gasteiger charge is -2.22. The van der Waals surface area contributed by atoms with Crippen molar-refractivity contribution in [2.75, 3.05) is 18.5 Å². The van der Waals surface area contributed by atoms with Gasteiger partial charge in [0.15, 0.2) is 12.5 Å². The summed E-state index contributed by atoms with van der Waals surface area (Å²) >= 11 is 0.